The standard InChI is InChI=1S/C53H57N5O9/c59-46-21-19-43(44-20-22-48(61)56-50(44)46)47(60)31-54-30-36-15-17-38(18-16-36)51(63)58-25-7-12-41(33-58)55-49(62)34-67-42-13-6-11-40(29-42)53(66,52(64)65)45-14-5-4-10-39(45)28-35-23-26-57(27-24-35)32-37-8-2-1-3-9-37/h1-6,8-11,13-22,29,35,41,47,54,59-60,66H,7,12,23-28,30-34H2,(H,55,62)(H,56,61)(H,64,65)/t41-,47-,53-/m0/s1. The van der Waals surface area contributed by atoms with Gasteiger partial charge in [0.25, 0.3) is 11.8 Å². The Balaban J connectivity index is 0.816. The fraction of sp³-hybridized carbons (Fsp3) is 0.321. The predicted molar refractivity (Wildman–Crippen MR) is 254 cm³/mol. The van der Waals surface area contributed by atoms with Crippen LogP contribution in [0.5, 0.6) is 11.5 Å². The largest absolute Gasteiger partial charge is 0.506 e. The molecule has 0 radical (unpaired) electrons. The van der Waals surface area contributed by atoms with Crippen molar-refractivity contribution in [3.8, 4) is 11.5 Å². The highest BCUT2D eigenvalue weighted by atomic mass is 16.5. The summed E-state index contributed by atoms with van der Waals surface area (Å²) < 4.78 is 5.87. The maximum Gasteiger partial charge on any atom is 0.345 e. The van der Waals surface area contributed by atoms with E-state index in [0.29, 0.717) is 66.9 Å². The number of phenolic OH excluding ortho intramolecular Hbond substituents is 1. The summed E-state index contributed by atoms with van der Waals surface area (Å²) in [6.07, 6.45) is 3.03. The monoisotopic (exact) mass is 907 g/mol. The number of amides is 2. The summed E-state index contributed by atoms with van der Waals surface area (Å²) in [5, 5.41) is 50.5. The molecular formula is C53H57N5O9. The van der Waals surface area contributed by atoms with Crippen LogP contribution in [-0.2, 0) is 34.7 Å². The molecule has 14 nitrogen and oxygen atoms in total. The van der Waals surface area contributed by atoms with Crippen LogP contribution in [0, 0.1) is 5.92 Å². The number of hydrogen-bond donors (Lipinski definition) is 7. The van der Waals surface area contributed by atoms with Crippen LogP contribution in [0.2, 0.25) is 0 Å². The van der Waals surface area contributed by atoms with Crippen molar-refractivity contribution in [3.63, 3.8) is 0 Å². The van der Waals surface area contributed by atoms with E-state index < -0.39 is 23.6 Å². The van der Waals surface area contributed by atoms with Crippen LogP contribution in [0.1, 0.15) is 75.5 Å². The number of benzene rings is 5. The molecule has 0 unspecified atom stereocenters. The number of hydrogen-bond acceptors (Lipinski definition) is 10. The average Bonchev–Trinajstić information content (AvgIpc) is 3.34. The van der Waals surface area contributed by atoms with E-state index in [1.807, 2.05) is 30.3 Å². The van der Waals surface area contributed by atoms with E-state index >= 15 is 0 Å². The lowest BCUT2D eigenvalue weighted by molar-refractivity contribution is -0.155. The number of fused-ring (bicyclic) bond motifs is 1. The Morgan fingerprint density at radius 2 is 1.60 bits per heavy atom. The van der Waals surface area contributed by atoms with Crippen LogP contribution in [0.3, 0.4) is 0 Å². The van der Waals surface area contributed by atoms with Gasteiger partial charge in [-0.1, -0.05) is 84.9 Å². The summed E-state index contributed by atoms with van der Waals surface area (Å²) in [4.78, 5) is 58.3. The number of ether oxygens (including phenoxy) is 1. The van der Waals surface area contributed by atoms with Gasteiger partial charge in [-0.05, 0) is 110 Å². The number of nitrogens with one attached hydrogen (secondary N) is 3. The first kappa shape index (κ1) is 46.7. The predicted octanol–water partition coefficient (Wildman–Crippen LogP) is 5.63. The lowest BCUT2D eigenvalue weighted by atomic mass is 9.80. The molecule has 3 atom stereocenters. The van der Waals surface area contributed by atoms with Crippen LogP contribution in [0.15, 0.2) is 132 Å². The third-order valence-electron chi connectivity index (χ3n) is 13.0. The van der Waals surface area contributed by atoms with Gasteiger partial charge in [0, 0.05) is 66.9 Å². The van der Waals surface area contributed by atoms with Gasteiger partial charge in [0.2, 0.25) is 11.2 Å². The number of aromatic hydroxyl groups is 1. The maximum absolute atomic E-state index is 13.6. The third-order valence-corrected chi connectivity index (χ3v) is 13.0. The SMILES string of the molecule is O=C(COc1cccc([C@@](O)(C(=O)O)c2ccccc2CC2CCN(Cc3ccccc3)CC2)c1)N[C@H]1CCCN(C(=O)c2ccc(CNC[C@H](O)c3ccc(O)c4[nH]c(=O)ccc34)cc2)C1. The van der Waals surface area contributed by atoms with Gasteiger partial charge in [0.15, 0.2) is 6.61 Å². The summed E-state index contributed by atoms with van der Waals surface area (Å²) in [5.74, 6) is -1.47. The molecule has 0 aliphatic carbocycles. The molecule has 67 heavy (non-hydrogen) atoms. The van der Waals surface area contributed by atoms with Gasteiger partial charge in [0.1, 0.15) is 11.5 Å². The highest BCUT2D eigenvalue weighted by molar-refractivity contribution is 5.94. The van der Waals surface area contributed by atoms with E-state index in [1.54, 1.807) is 59.5 Å². The number of rotatable bonds is 17. The number of pyridine rings is 1. The van der Waals surface area contributed by atoms with Gasteiger partial charge in [-0.25, -0.2) is 4.79 Å². The topological polar surface area (TPSA) is 205 Å². The number of aliphatic carboxylic acids is 1. The molecule has 0 saturated carbocycles. The summed E-state index contributed by atoms with van der Waals surface area (Å²) in [5.41, 5.74) is 2.01. The molecule has 3 heterocycles. The van der Waals surface area contributed by atoms with Crippen LogP contribution in [0.25, 0.3) is 10.9 Å². The Morgan fingerprint density at radius 1 is 0.836 bits per heavy atom. The summed E-state index contributed by atoms with van der Waals surface area (Å²) in [6.45, 7) is 3.91. The number of H-pyrrole nitrogens is 1. The Kier molecular flexibility index (Phi) is 14.8. The second-order valence-corrected chi connectivity index (χ2v) is 17.7. The molecule has 2 saturated heterocycles. The van der Waals surface area contributed by atoms with Crippen LogP contribution < -0.4 is 20.9 Å². The summed E-state index contributed by atoms with van der Waals surface area (Å²) in [6, 6.07) is 36.7. The molecule has 14 heteroatoms. The molecule has 2 aliphatic rings. The number of aromatic amines is 1. The second kappa shape index (κ2) is 21.2. The van der Waals surface area contributed by atoms with Gasteiger partial charge in [-0.15, -0.1) is 0 Å². The number of likely N-dealkylation sites (tertiary alicyclic amines) is 2. The number of carbonyl (C=O) groups is 3. The highest BCUT2D eigenvalue weighted by Gasteiger charge is 2.42. The normalized spacial score (nSPS) is 17.1. The third kappa shape index (κ3) is 11.2. The van der Waals surface area contributed by atoms with Gasteiger partial charge in [0.05, 0.1) is 11.6 Å². The number of aliphatic hydroxyl groups excluding tert-OH is 1. The molecule has 0 spiro atoms. The first-order valence-electron chi connectivity index (χ1n) is 22.9. The quantitative estimate of drug-likeness (QED) is 0.0598. The van der Waals surface area contributed by atoms with Crippen molar-refractivity contribution in [2.24, 2.45) is 5.92 Å². The smallest absolute Gasteiger partial charge is 0.345 e. The first-order chi connectivity index (χ1) is 32.4. The lowest BCUT2D eigenvalue weighted by Gasteiger charge is -2.33. The number of phenols is 1. The molecule has 8 rings (SSSR count). The number of piperidine rings is 2. The van der Waals surface area contributed by atoms with E-state index in [4.69, 9.17) is 4.74 Å². The van der Waals surface area contributed by atoms with Crippen molar-refractivity contribution in [2.45, 2.75) is 62.9 Å². The molecule has 6 aromatic rings. The number of aliphatic hydroxyl groups is 2. The number of carbonyl (C=O) groups excluding carboxylic acids is 2. The van der Waals surface area contributed by atoms with Crippen molar-refractivity contribution in [2.75, 3.05) is 39.3 Å². The molecule has 2 aliphatic heterocycles. The van der Waals surface area contributed by atoms with E-state index in [0.717, 1.165) is 43.6 Å². The van der Waals surface area contributed by atoms with Crippen LogP contribution in [0.4, 0.5) is 0 Å². The Bertz CT molecular complexity index is 2740. The second-order valence-electron chi connectivity index (χ2n) is 17.7. The molecule has 1 aromatic heterocycles. The summed E-state index contributed by atoms with van der Waals surface area (Å²) >= 11 is 0. The first-order valence-corrected chi connectivity index (χ1v) is 22.9. The van der Waals surface area contributed by atoms with Gasteiger partial charge >= 0.3 is 5.97 Å². The number of aromatic nitrogens is 1. The Morgan fingerprint density at radius 3 is 2.37 bits per heavy atom. The fourth-order valence-electron chi connectivity index (χ4n) is 9.42. The van der Waals surface area contributed by atoms with E-state index in [2.05, 4.69) is 44.8 Å². The zero-order valence-electron chi connectivity index (χ0n) is 37.3. The molecule has 0 bridgehead atoms. The average molecular weight is 908 g/mol. The molecule has 5 aromatic carbocycles. The Hall–Kier alpha value is -6.84. The minimum Gasteiger partial charge on any atom is -0.506 e. The highest BCUT2D eigenvalue weighted by Crippen LogP contribution is 2.36. The maximum atomic E-state index is 13.6. The minimum absolute atomic E-state index is 0.0779. The van der Waals surface area contributed by atoms with Crippen LogP contribution >= 0.6 is 0 Å². The summed E-state index contributed by atoms with van der Waals surface area (Å²) in [7, 11) is 0. The van der Waals surface area contributed by atoms with Crippen molar-refractivity contribution in [1.29, 1.82) is 0 Å². The number of nitrogens with zero attached hydrogens (tertiary/aromatic N) is 2. The fourth-order valence-corrected chi connectivity index (χ4v) is 9.42. The number of carboxylic acids is 1. The van der Waals surface area contributed by atoms with Crippen molar-refractivity contribution in [3.05, 3.63) is 177 Å². The van der Waals surface area contributed by atoms with Crippen molar-refractivity contribution < 1.29 is 39.5 Å². The zero-order chi connectivity index (χ0) is 46.9. The molecule has 7 N–H and O–H groups in total. The Labute approximate surface area is 388 Å². The van der Waals surface area contributed by atoms with Crippen LogP contribution in [-0.4, -0.2) is 98.4 Å². The molecule has 2 fully saturated rings. The number of carboxylic acid groups (broad SMARTS) is 1. The zero-order valence-corrected chi connectivity index (χ0v) is 37.3. The van der Waals surface area contributed by atoms with E-state index in [9.17, 15) is 39.6 Å². The van der Waals surface area contributed by atoms with Crippen molar-refractivity contribution in [1.82, 2.24) is 25.4 Å². The van der Waals surface area contributed by atoms with Gasteiger partial charge < -0.3 is 45.7 Å². The van der Waals surface area contributed by atoms with Crippen molar-refractivity contribution >= 4 is 28.7 Å². The van der Waals surface area contributed by atoms with E-state index in [1.165, 1.54) is 23.8 Å². The molecule has 348 valence electrons. The molecular weight excluding hydrogens is 851 g/mol. The molecule has 2 amide bonds. The lowest BCUT2D eigenvalue weighted by Crippen LogP contribution is -2.50. The minimum atomic E-state index is -2.36. The van der Waals surface area contributed by atoms with Gasteiger partial charge in [-0.2, -0.15) is 0 Å². The van der Waals surface area contributed by atoms with E-state index in [-0.39, 0.29) is 53.2 Å². The van der Waals surface area contributed by atoms with Gasteiger partial charge in [-0.3, -0.25) is 19.3 Å².